The molecule has 0 aliphatic rings. The van der Waals surface area contributed by atoms with Crippen molar-refractivity contribution in [3.8, 4) is 0 Å². The number of nitrogens with zero attached hydrogens (tertiary/aromatic N) is 2. The van der Waals surface area contributed by atoms with Crippen molar-refractivity contribution in [1.82, 2.24) is 9.38 Å². The predicted octanol–water partition coefficient (Wildman–Crippen LogP) is 4.00. The summed E-state index contributed by atoms with van der Waals surface area (Å²) in [5.74, 6) is 1.05. The van der Waals surface area contributed by atoms with E-state index in [0.29, 0.717) is 0 Å². The summed E-state index contributed by atoms with van der Waals surface area (Å²) in [6, 6.07) is 6.12. The van der Waals surface area contributed by atoms with Gasteiger partial charge in [-0.15, -0.1) is 0 Å². The molecular weight excluding hydrogens is 184 g/mol. The van der Waals surface area contributed by atoms with E-state index in [1.165, 1.54) is 5.52 Å². The lowest BCUT2D eigenvalue weighted by Gasteiger charge is -1.92. The highest BCUT2D eigenvalue weighted by Gasteiger charge is 2.00. The first-order chi connectivity index (χ1) is 7.29. The van der Waals surface area contributed by atoms with Gasteiger partial charge in [0.2, 0.25) is 0 Å². The van der Waals surface area contributed by atoms with Crippen LogP contribution in [0.15, 0.2) is 24.4 Å². The van der Waals surface area contributed by atoms with E-state index in [1.54, 1.807) is 0 Å². The number of fused-ring (bicyclic) bond motifs is 1. The quantitative estimate of drug-likeness (QED) is 0.636. The molecule has 0 unspecified atom stereocenters. The van der Waals surface area contributed by atoms with Crippen LogP contribution in [0.4, 0.5) is 0 Å². The van der Waals surface area contributed by atoms with Crippen molar-refractivity contribution in [3.05, 3.63) is 35.9 Å². The minimum atomic E-state index is 1.05. The molecule has 0 aromatic carbocycles. The molecule has 2 nitrogen and oxygen atoms in total. The van der Waals surface area contributed by atoms with Crippen molar-refractivity contribution in [2.45, 2.75) is 41.5 Å². The maximum atomic E-state index is 4.35. The second-order valence-electron chi connectivity index (χ2n) is 2.70. The summed E-state index contributed by atoms with van der Waals surface area (Å²) in [5, 5.41) is 0. The standard InChI is InChI=1S/C9H10N2.2C2H6/c1-7-9-5-3-4-6-11(9)8(2)10-7;2*1-2/h3-6H,1-2H3;2*1-2H3. The molecule has 2 rings (SSSR count). The van der Waals surface area contributed by atoms with Gasteiger partial charge in [0, 0.05) is 6.20 Å². The van der Waals surface area contributed by atoms with E-state index in [9.17, 15) is 0 Å². The zero-order valence-electron chi connectivity index (χ0n) is 10.7. The van der Waals surface area contributed by atoms with Crippen molar-refractivity contribution in [2.75, 3.05) is 0 Å². The first kappa shape index (κ1) is 13.7. The van der Waals surface area contributed by atoms with E-state index in [0.717, 1.165) is 11.5 Å². The normalized spacial score (nSPS) is 8.67. The average molecular weight is 206 g/mol. The molecule has 2 heteroatoms. The maximum absolute atomic E-state index is 4.35. The van der Waals surface area contributed by atoms with Gasteiger partial charge in [-0.2, -0.15) is 0 Å². The smallest absolute Gasteiger partial charge is 0.110 e. The third-order valence-corrected chi connectivity index (χ3v) is 1.91. The molecule has 15 heavy (non-hydrogen) atoms. The third-order valence-electron chi connectivity index (χ3n) is 1.91. The molecule has 0 fully saturated rings. The molecule has 2 aromatic rings. The number of pyridine rings is 1. The summed E-state index contributed by atoms with van der Waals surface area (Å²) in [6.07, 6.45) is 2.03. The summed E-state index contributed by atoms with van der Waals surface area (Å²) >= 11 is 0. The fourth-order valence-corrected chi connectivity index (χ4v) is 1.37. The predicted molar refractivity (Wildman–Crippen MR) is 67.4 cm³/mol. The Kier molecular flexibility index (Phi) is 6.43. The summed E-state index contributed by atoms with van der Waals surface area (Å²) in [6.45, 7) is 12.0. The van der Waals surface area contributed by atoms with Gasteiger partial charge in [0.15, 0.2) is 0 Å². The Bertz CT molecular complexity index is 352. The lowest BCUT2D eigenvalue weighted by molar-refractivity contribution is 1.04. The number of hydrogen-bond acceptors (Lipinski definition) is 1. The summed E-state index contributed by atoms with van der Waals surface area (Å²) in [5.41, 5.74) is 2.30. The molecule has 0 amide bonds. The van der Waals surface area contributed by atoms with Crippen LogP contribution in [0.25, 0.3) is 5.52 Å². The van der Waals surface area contributed by atoms with Gasteiger partial charge in [0.25, 0.3) is 0 Å². The van der Waals surface area contributed by atoms with E-state index in [1.807, 2.05) is 59.9 Å². The van der Waals surface area contributed by atoms with Crippen LogP contribution in [0, 0.1) is 13.8 Å². The highest BCUT2D eigenvalue weighted by atomic mass is 15.0. The molecule has 0 aliphatic heterocycles. The topological polar surface area (TPSA) is 17.3 Å². The first-order valence-corrected chi connectivity index (χ1v) is 5.69. The fraction of sp³-hybridized carbons (Fsp3) is 0.462. The summed E-state index contributed by atoms with van der Waals surface area (Å²) in [7, 11) is 0. The monoisotopic (exact) mass is 206 g/mol. The number of aromatic nitrogens is 2. The highest BCUT2D eigenvalue weighted by Crippen LogP contribution is 2.10. The van der Waals surface area contributed by atoms with Crippen LogP contribution in [0.1, 0.15) is 39.2 Å². The molecule has 2 heterocycles. The Morgan fingerprint density at radius 3 is 2.13 bits per heavy atom. The Morgan fingerprint density at radius 1 is 1.00 bits per heavy atom. The minimum absolute atomic E-state index is 1.05. The van der Waals surface area contributed by atoms with Crippen molar-refractivity contribution < 1.29 is 0 Å². The van der Waals surface area contributed by atoms with Crippen LogP contribution in [-0.2, 0) is 0 Å². The van der Waals surface area contributed by atoms with Gasteiger partial charge in [0.1, 0.15) is 5.82 Å². The second kappa shape index (κ2) is 7.04. The lowest BCUT2D eigenvalue weighted by atomic mass is 10.3. The molecule has 0 radical (unpaired) electrons. The third kappa shape index (κ3) is 3.08. The zero-order valence-corrected chi connectivity index (χ0v) is 10.7. The Balaban J connectivity index is 0.000000442. The minimum Gasteiger partial charge on any atom is -0.304 e. The molecule has 0 aliphatic carbocycles. The van der Waals surface area contributed by atoms with Gasteiger partial charge in [-0.25, -0.2) is 4.98 Å². The molecule has 84 valence electrons. The van der Waals surface area contributed by atoms with E-state index >= 15 is 0 Å². The second-order valence-corrected chi connectivity index (χ2v) is 2.70. The van der Waals surface area contributed by atoms with Gasteiger partial charge < -0.3 is 4.40 Å². The molecule has 0 atom stereocenters. The van der Waals surface area contributed by atoms with Crippen molar-refractivity contribution >= 4 is 5.52 Å². The van der Waals surface area contributed by atoms with Crippen LogP contribution in [0.3, 0.4) is 0 Å². The Hall–Kier alpha value is -1.31. The molecular formula is C13H22N2. The van der Waals surface area contributed by atoms with Crippen LogP contribution in [0.5, 0.6) is 0 Å². The molecule has 0 bridgehead atoms. The van der Waals surface area contributed by atoms with Crippen LogP contribution >= 0.6 is 0 Å². The molecule has 0 spiro atoms. The van der Waals surface area contributed by atoms with E-state index < -0.39 is 0 Å². The van der Waals surface area contributed by atoms with E-state index in [-0.39, 0.29) is 0 Å². The number of imidazole rings is 1. The van der Waals surface area contributed by atoms with Gasteiger partial charge >= 0.3 is 0 Å². The highest BCUT2D eigenvalue weighted by molar-refractivity contribution is 5.52. The Morgan fingerprint density at radius 2 is 1.60 bits per heavy atom. The lowest BCUT2D eigenvalue weighted by Crippen LogP contribution is -1.84. The summed E-state index contributed by atoms with van der Waals surface area (Å²) in [4.78, 5) is 4.35. The van der Waals surface area contributed by atoms with Crippen LogP contribution < -0.4 is 0 Å². The molecule has 0 saturated carbocycles. The molecule has 0 saturated heterocycles. The van der Waals surface area contributed by atoms with Gasteiger partial charge in [-0.05, 0) is 26.0 Å². The molecule has 0 N–H and O–H groups in total. The zero-order chi connectivity index (χ0) is 11.8. The van der Waals surface area contributed by atoms with Crippen molar-refractivity contribution in [2.24, 2.45) is 0 Å². The molecule has 2 aromatic heterocycles. The van der Waals surface area contributed by atoms with Crippen molar-refractivity contribution in [3.63, 3.8) is 0 Å². The number of aryl methyl sites for hydroxylation is 2. The van der Waals surface area contributed by atoms with E-state index in [2.05, 4.69) is 15.5 Å². The number of hydrogen-bond donors (Lipinski definition) is 0. The van der Waals surface area contributed by atoms with Crippen LogP contribution in [-0.4, -0.2) is 9.38 Å². The van der Waals surface area contributed by atoms with Gasteiger partial charge in [-0.3, -0.25) is 0 Å². The summed E-state index contributed by atoms with van der Waals surface area (Å²) < 4.78 is 2.09. The fourth-order valence-electron chi connectivity index (χ4n) is 1.37. The van der Waals surface area contributed by atoms with Crippen LogP contribution in [0.2, 0.25) is 0 Å². The largest absolute Gasteiger partial charge is 0.304 e. The van der Waals surface area contributed by atoms with Crippen molar-refractivity contribution in [1.29, 1.82) is 0 Å². The first-order valence-electron chi connectivity index (χ1n) is 5.69. The SMILES string of the molecule is CC.CC.Cc1nc(C)n2ccccc12. The average Bonchev–Trinajstić information content (AvgIpc) is 2.61. The van der Waals surface area contributed by atoms with E-state index in [4.69, 9.17) is 0 Å². The maximum Gasteiger partial charge on any atom is 0.110 e. The van der Waals surface area contributed by atoms with Gasteiger partial charge in [0.05, 0.1) is 11.2 Å². The van der Waals surface area contributed by atoms with Gasteiger partial charge in [-0.1, -0.05) is 33.8 Å². The number of rotatable bonds is 0. The Labute approximate surface area is 93.0 Å².